The quantitative estimate of drug-likeness (QED) is 0.114. The van der Waals surface area contributed by atoms with Crippen LogP contribution in [0.1, 0.15) is 45.2 Å². The van der Waals surface area contributed by atoms with E-state index in [0.29, 0.717) is 26.3 Å². The molecule has 6 rings (SSSR count). The van der Waals surface area contributed by atoms with E-state index in [9.17, 15) is 0 Å². The summed E-state index contributed by atoms with van der Waals surface area (Å²) in [6.07, 6.45) is 0. The fourth-order valence-electron chi connectivity index (χ4n) is 5.36. The van der Waals surface area contributed by atoms with Crippen LogP contribution < -0.4 is 8.92 Å². The Morgan fingerprint density at radius 2 is 0.525 bits per heavy atom. The van der Waals surface area contributed by atoms with Crippen molar-refractivity contribution in [2.75, 3.05) is 0 Å². The molecule has 0 N–H and O–H groups in total. The predicted molar refractivity (Wildman–Crippen MR) is 171 cm³/mol. The van der Waals surface area contributed by atoms with E-state index in [2.05, 4.69) is 170 Å². The van der Waals surface area contributed by atoms with E-state index in [4.69, 9.17) is 0 Å². The van der Waals surface area contributed by atoms with Crippen LogP contribution in [0.15, 0.2) is 170 Å². The Bertz CT molecular complexity index is 1430. The van der Waals surface area contributed by atoms with Crippen molar-refractivity contribution in [2.24, 2.45) is 0 Å². The van der Waals surface area contributed by atoms with Gasteiger partial charge in [0.05, 0.1) is 0 Å². The Morgan fingerprint density at radius 1 is 0.275 bits per heavy atom. The molecule has 0 nitrogen and oxygen atoms in total. The molecule has 0 bridgehead atoms. The SMILES string of the molecule is c1ccc(C(c2ccccc2)c2ccccc2[Se][Se]c2ccccc2C(c2ccccc2)c2ccccc2)cc1. The number of rotatable bonds is 9. The van der Waals surface area contributed by atoms with Crippen LogP contribution in [0.5, 0.6) is 0 Å². The molecule has 0 unspecified atom stereocenters. The van der Waals surface area contributed by atoms with Gasteiger partial charge in [0.2, 0.25) is 0 Å². The second-order valence-corrected chi connectivity index (χ2v) is 15.9. The van der Waals surface area contributed by atoms with Gasteiger partial charge in [0, 0.05) is 0 Å². The van der Waals surface area contributed by atoms with Gasteiger partial charge in [-0.2, -0.15) is 0 Å². The van der Waals surface area contributed by atoms with Crippen LogP contribution in [0.3, 0.4) is 0 Å². The molecule has 0 saturated carbocycles. The van der Waals surface area contributed by atoms with Crippen molar-refractivity contribution in [3.05, 3.63) is 203 Å². The van der Waals surface area contributed by atoms with E-state index >= 15 is 0 Å². The molecule has 6 aromatic carbocycles. The second kappa shape index (κ2) is 13.1. The van der Waals surface area contributed by atoms with Gasteiger partial charge in [-0.3, -0.25) is 0 Å². The van der Waals surface area contributed by atoms with Crippen LogP contribution >= 0.6 is 0 Å². The Kier molecular flexibility index (Phi) is 8.73. The van der Waals surface area contributed by atoms with E-state index in [1.807, 2.05) is 0 Å². The Labute approximate surface area is 249 Å². The maximum absolute atomic E-state index is 2.37. The fraction of sp³-hybridized carbons (Fsp3) is 0.0526. The summed E-state index contributed by atoms with van der Waals surface area (Å²) in [5, 5.41) is 0. The van der Waals surface area contributed by atoms with Crippen molar-refractivity contribution in [1.82, 2.24) is 0 Å². The first-order valence-electron chi connectivity index (χ1n) is 13.6. The summed E-state index contributed by atoms with van der Waals surface area (Å²) in [5.41, 5.74) is 8.25. The molecule has 0 saturated heterocycles. The van der Waals surface area contributed by atoms with Crippen molar-refractivity contribution < 1.29 is 0 Å². The first kappa shape index (κ1) is 26.6. The summed E-state index contributed by atoms with van der Waals surface area (Å²) in [4.78, 5) is 0. The zero-order valence-corrected chi connectivity index (χ0v) is 25.6. The molecule has 0 aliphatic carbocycles. The van der Waals surface area contributed by atoms with Crippen molar-refractivity contribution in [1.29, 1.82) is 0 Å². The van der Waals surface area contributed by atoms with E-state index in [-0.39, 0.29) is 11.8 Å². The minimum absolute atomic E-state index is 0.230. The average molecular weight is 645 g/mol. The predicted octanol–water partition coefficient (Wildman–Crippen LogP) is 7.32. The molecule has 0 fully saturated rings. The van der Waals surface area contributed by atoms with E-state index < -0.39 is 0 Å². The monoisotopic (exact) mass is 646 g/mol. The van der Waals surface area contributed by atoms with Gasteiger partial charge in [0.1, 0.15) is 0 Å². The maximum atomic E-state index is 2.37. The molecule has 2 heteroatoms. The van der Waals surface area contributed by atoms with Crippen molar-refractivity contribution in [3.8, 4) is 0 Å². The summed E-state index contributed by atoms with van der Waals surface area (Å²) in [5.74, 6) is 0.459. The van der Waals surface area contributed by atoms with Crippen LogP contribution in [0.2, 0.25) is 0 Å². The third-order valence-corrected chi connectivity index (χ3v) is 14.5. The second-order valence-electron chi connectivity index (χ2n) is 9.75. The van der Waals surface area contributed by atoms with E-state index in [1.165, 1.54) is 42.3 Å². The molecular weight excluding hydrogens is 614 g/mol. The van der Waals surface area contributed by atoms with Gasteiger partial charge in [-0.05, 0) is 0 Å². The summed E-state index contributed by atoms with van der Waals surface area (Å²) in [6.45, 7) is 0. The molecule has 0 heterocycles. The molecule has 0 aliphatic rings. The molecule has 0 radical (unpaired) electrons. The van der Waals surface area contributed by atoms with Gasteiger partial charge in [-0.15, -0.1) is 0 Å². The minimum atomic E-state index is 0.230. The van der Waals surface area contributed by atoms with Gasteiger partial charge in [-0.1, -0.05) is 0 Å². The molecule has 6 aromatic rings. The summed E-state index contributed by atoms with van der Waals surface area (Å²) in [7, 11) is 0. The molecule has 0 aromatic heterocycles. The van der Waals surface area contributed by atoms with Gasteiger partial charge in [-0.25, -0.2) is 0 Å². The first-order chi connectivity index (χ1) is 19.9. The van der Waals surface area contributed by atoms with Gasteiger partial charge >= 0.3 is 250 Å². The fourth-order valence-corrected chi connectivity index (χ4v) is 12.8. The van der Waals surface area contributed by atoms with Crippen LogP contribution in [0.25, 0.3) is 0 Å². The Morgan fingerprint density at radius 3 is 0.825 bits per heavy atom. The van der Waals surface area contributed by atoms with Crippen LogP contribution in [-0.4, -0.2) is 26.3 Å². The normalized spacial score (nSPS) is 11.2. The molecule has 0 aliphatic heterocycles. The van der Waals surface area contributed by atoms with Crippen molar-refractivity contribution in [3.63, 3.8) is 0 Å². The van der Waals surface area contributed by atoms with Gasteiger partial charge < -0.3 is 0 Å². The van der Waals surface area contributed by atoms with Gasteiger partial charge in [0.15, 0.2) is 0 Å². The number of benzene rings is 6. The average Bonchev–Trinajstić information content (AvgIpc) is 3.04. The topological polar surface area (TPSA) is 0 Å². The number of hydrogen-bond donors (Lipinski definition) is 0. The van der Waals surface area contributed by atoms with Crippen LogP contribution in [0.4, 0.5) is 0 Å². The summed E-state index contributed by atoms with van der Waals surface area (Å²) >= 11 is 0.666. The molecule has 40 heavy (non-hydrogen) atoms. The first-order valence-corrected chi connectivity index (χ1v) is 19.7. The van der Waals surface area contributed by atoms with Crippen LogP contribution in [0, 0.1) is 0 Å². The van der Waals surface area contributed by atoms with E-state index in [0.717, 1.165) is 0 Å². The van der Waals surface area contributed by atoms with Crippen molar-refractivity contribution >= 4 is 35.2 Å². The third kappa shape index (κ3) is 6.07. The standard InChI is InChI=1S/C38H30Se2/c1-5-17-29(18-6-1)37(30-19-7-2-8-20-30)33-25-13-15-27-35(33)39-40-36-28-16-14-26-34(36)38(31-21-9-3-10-22-31)32-23-11-4-12-24-32/h1-28,37-38H. The molecule has 0 spiro atoms. The zero-order valence-electron chi connectivity index (χ0n) is 22.1. The molecule has 0 atom stereocenters. The Hall–Kier alpha value is -3.64. The van der Waals surface area contributed by atoms with Gasteiger partial charge in [0.25, 0.3) is 0 Å². The Balaban J connectivity index is 1.37. The molecule has 0 amide bonds. The molecule has 194 valence electrons. The summed E-state index contributed by atoms with van der Waals surface area (Å²) < 4.78 is 3.00. The van der Waals surface area contributed by atoms with E-state index in [1.54, 1.807) is 0 Å². The van der Waals surface area contributed by atoms with Crippen molar-refractivity contribution in [2.45, 2.75) is 11.8 Å². The number of hydrogen-bond acceptors (Lipinski definition) is 0. The summed E-state index contributed by atoms with van der Waals surface area (Å²) in [6, 6.07) is 62.1. The molecular formula is C38H30Se2. The zero-order chi connectivity index (χ0) is 27.0. The van der Waals surface area contributed by atoms with Crippen LogP contribution in [-0.2, 0) is 0 Å². The third-order valence-electron chi connectivity index (χ3n) is 7.21.